The van der Waals surface area contributed by atoms with Gasteiger partial charge in [0.1, 0.15) is 6.61 Å². The topological polar surface area (TPSA) is 30.5 Å². The summed E-state index contributed by atoms with van der Waals surface area (Å²) in [5, 5.41) is 4.09. The molecule has 26 heavy (non-hydrogen) atoms. The maximum absolute atomic E-state index is 5.94. The number of ether oxygens (including phenoxy) is 2. The van der Waals surface area contributed by atoms with Crippen molar-refractivity contribution < 1.29 is 9.47 Å². The smallest absolute Gasteiger partial charge is 0.162 e. The highest BCUT2D eigenvalue weighted by atomic mass is 79.9. The Morgan fingerprint density at radius 2 is 1.69 bits per heavy atom. The largest absolute Gasteiger partial charge is 0.493 e. The summed E-state index contributed by atoms with van der Waals surface area (Å²) in [5.41, 5.74) is 3.19. The van der Waals surface area contributed by atoms with Crippen LogP contribution in [0.2, 0.25) is 5.02 Å². The van der Waals surface area contributed by atoms with E-state index in [0.29, 0.717) is 24.7 Å². The van der Waals surface area contributed by atoms with E-state index in [9.17, 15) is 0 Å². The Morgan fingerprint density at radius 3 is 2.38 bits per heavy atom. The summed E-state index contributed by atoms with van der Waals surface area (Å²) in [6.07, 6.45) is 0. The van der Waals surface area contributed by atoms with E-state index in [0.717, 1.165) is 26.3 Å². The Labute approximate surface area is 167 Å². The first-order valence-corrected chi connectivity index (χ1v) is 9.35. The van der Waals surface area contributed by atoms with Crippen molar-refractivity contribution in [2.75, 3.05) is 12.4 Å². The lowest BCUT2D eigenvalue weighted by atomic mass is 10.2. The molecule has 0 amide bonds. The highest BCUT2D eigenvalue weighted by Gasteiger charge is 2.11. The number of nitrogens with one attached hydrogen (secondary N) is 1. The summed E-state index contributed by atoms with van der Waals surface area (Å²) >= 11 is 9.54. The predicted molar refractivity (Wildman–Crippen MR) is 110 cm³/mol. The van der Waals surface area contributed by atoms with Gasteiger partial charge in [0, 0.05) is 21.7 Å². The Morgan fingerprint density at radius 1 is 0.962 bits per heavy atom. The van der Waals surface area contributed by atoms with Crippen molar-refractivity contribution in [1.82, 2.24) is 0 Å². The van der Waals surface area contributed by atoms with Gasteiger partial charge in [-0.15, -0.1) is 0 Å². The van der Waals surface area contributed by atoms with Crippen LogP contribution in [-0.4, -0.2) is 7.11 Å². The molecule has 0 saturated carbocycles. The van der Waals surface area contributed by atoms with Crippen LogP contribution in [0.25, 0.3) is 0 Å². The van der Waals surface area contributed by atoms with Crippen molar-refractivity contribution in [1.29, 1.82) is 0 Å². The van der Waals surface area contributed by atoms with Crippen molar-refractivity contribution in [2.24, 2.45) is 0 Å². The van der Waals surface area contributed by atoms with E-state index in [1.807, 2.05) is 66.7 Å². The summed E-state index contributed by atoms with van der Waals surface area (Å²) in [6.45, 7) is 1.14. The van der Waals surface area contributed by atoms with Gasteiger partial charge in [0.2, 0.25) is 0 Å². The second-order valence-corrected chi connectivity index (χ2v) is 7.02. The molecular formula is C21H19BrClNO2. The molecule has 3 aromatic carbocycles. The molecule has 0 fully saturated rings. The molecule has 0 spiro atoms. The lowest BCUT2D eigenvalue weighted by Crippen LogP contribution is -2.03. The Hall–Kier alpha value is -2.17. The standard InChI is InChI=1S/C21H19BrClNO2/c1-25-20-11-16(13-24-18-9-7-17(23)8-10-18)19(22)12-21(20)26-14-15-5-3-2-4-6-15/h2-12,24H,13-14H2,1H3. The predicted octanol–water partition coefficient (Wildman–Crippen LogP) is 6.30. The average Bonchev–Trinajstić information content (AvgIpc) is 2.67. The number of methoxy groups -OCH3 is 1. The normalized spacial score (nSPS) is 10.4. The molecule has 3 aromatic rings. The fourth-order valence-electron chi connectivity index (χ4n) is 2.49. The molecule has 134 valence electrons. The highest BCUT2D eigenvalue weighted by molar-refractivity contribution is 9.10. The zero-order valence-electron chi connectivity index (χ0n) is 14.3. The van der Waals surface area contributed by atoms with Crippen LogP contribution < -0.4 is 14.8 Å². The third-order valence-corrected chi connectivity index (χ3v) is 4.89. The van der Waals surface area contributed by atoms with Crippen molar-refractivity contribution in [3.63, 3.8) is 0 Å². The van der Waals surface area contributed by atoms with Crippen LogP contribution in [-0.2, 0) is 13.2 Å². The monoisotopic (exact) mass is 431 g/mol. The molecule has 0 aromatic heterocycles. The summed E-state index contributed by atoms with van der Waals surface area (Å²) in [6, 6.07) is 21.6. The number of rotatable bonds is 7. The van der Waals surface area contributed by atoms with Gasteiger partial charge in [-0.2, -0.15) is 0 Å². The van der Waals surface area contributed by atoms with E-state index in [4.69, 9.17) is 21.1 Å². The first-order chi connectivity index (χ1) is 12.7. The van der Waals surface area contributed by atoms with Crippen LogP contribution in [0, 0.1) is 0 Å². The molecule has 0 aliphatic carbocycles. The zero-order chi connectivity index (χ0) is 18.4. The van der Waals surface area contributed by atoms with Gasteiger partial charge in [-0.1, -0.05) is 57.9 Å². The molecule has 0 aliphatic heterocycles. The van der Waals surface area contributed by atoms with Crippen molar-refractivity contribution in [3.8, 4) is 11.5 Å². The molecule has 0 atom stereocenters. The van der Waals surface area contributed by atoms with Crippen LogP contribution in [0.4, 0.5) is 5.69 Å². The van der Waals surface area contributed by atoms with E-state index in [2.05, 4.69) is 21.2 Å². The lowest BCUT2D eigenvalue weighted by Gasteiger charge is -2.15. The van der Waals surface area contributed by atoms with Gasteiger partial charge in [0.25, 0.3) is 0 Å². The van der Waals surface area contributed by atoms with Crippen LogP contribution in [0.1, 0.15) is 11.1 Å². The minimum atomic E-state index is 0.492. The fourth-order valence-corrected chi connectivity index (χ4v) is 3.07. The number of hydrogen-bond acceptors (Lipinski definition) is 3. The molecule has 1 N–H and O–H groups in total. The first kappa shape index (κ1) is 18.6. The van der Waals surface area contributed by atoms with E-state index in [1.54, 1.807) is 7.11 Å². The minimum absolute atomic E-state index is 0.492. The van der Waals surface area contributed by atoms with E-state index < -0.39 is 0 Å². The van der Waals surface area contributed by atoms with Crippen molar-refractivity contribution >= 4 is 33.2 Å². The molecule has 3 nitrogen and oxygen atoms in total. The SMILES string of the molecule is COc1cc(CNc2ccc(Cl)cc2)c(Br)cc1OCc1ccccc1. The fraction of sp³-hybridized carbons (Fsp3) is 0.143. The third kappa shape index (κ3) is 4.93. The van der Waals surface area contributed by atoms with Gasteiger partial charge in [0.05, 0.1) is 7.11 Å². The molecule has 0 unspecified atom stereocenters. The van der Waals surface area contributed by atoms with Crippen molar-refractivity contribution in [3.05, 3.63) is 87.4 Å². The second-order valence-electron chi connectivity index (χ2n) is 5.73. The molecule has 0 heterocycles. The van der Waals surface area contributed by atoms with Gasteiger partial charge >= 0.3 is 0 Å². The summed E-state index contributed by atoms with van der Waals surface area (Å²) in [5.74, 6) is 1.41. The maximum atomic E-state index is 5.94. The van der Waals surface area contributed by atoms with Crippen LogP contribution >= 0.6 is 27.5 Å². The minimum Gasteiger partial charge on any atom is -0.493 e. The number of benzene rings is 3. The van der Waals surface area contributed by atoms with Crippen molar-refractivity contribution in [2.45, 2.75) is 13.2 Å². The molecule has 0 aliphatic rings. The number of anilines is 1. The molecular weight excluding hydrogens is 414 g/mol. The summed E-state index contributed by atoms with van der Waals surface area (Å²) < 4.78 is 12.4. The number of hydrogen-bond donors (Lipinski definition) is 1. The molecule has 5 heteroatoms. The van der Waals surface area contributed by atoms with Crippen LogP contribution in [0.15, 0.2) is 71.2 Å². The van der Waals surface area contributed by atoms with E-state index in [1.165, 1.54) is 0 Å². The summed E-state index contributed by atoms with van der Waals surface area (Å²) in [4.78, 5) is 0. The van der Waals surface area contributed by atoms with Gasteiger partial charge in [-0.25, -0.2) is 0 Å². The lowest BCUT2D eigenvalue weighted by molar-refractivity contribution is 0.284. The Bertz CT molecular complexity index is 854. The van der Waals surface area contributed by atoms with Gasteiger partial charge < -0.3 is 14.8 Å². The molecule has 3 rings (SSSR count). The Kier molecular flexibility index (Phi) is 6.42. The van der Waals surface area contributed by atoms with Gasteiger partial charge in [-0.05, 0) is 47.5 Å². The van der Waals surface area contributed by atoms with E-state index >= 15 is 0 Å². The quantitative estimate of drug-likeness (QED) is 0.475. The molecule has 0 bridgehead atoms. The molecule has 0 radical (unpaired) electrons. The van der Waals surface area contributed by atoms with Gasteiger partial charge in [-0.3, -0.25) is 0 Å². The Balaban J connectivity index is 1.70. The molecule has 0 saturated heterocycles. The second kappa shape index (κ2) is 8.97. The third-order valence-electron chi connectivity index (χ3n) is 3.90. The van der Waals surface area contributed by atoms with Crippen LogP contribution in [0.3, 0.4) is 0 Å². The van der Waals surface area contributed by atoms with Gasteiger partial charge in [0.15, 0.2) is 11.5 Å². The first-order valence-electron chi connectivity index (χ1n) is 8.18. The van der Waals surface area contributed by atoms with Crippen LogP contribution in [0.5, 0.6) is 11.5 Å². The zero-order valence-corrected chi connectivity index (χ0v) is 16.7. The average molecular weight is 433 g/mol. The maximum Gasteiger partial charge on any atom is 0.162 e. The van der Waals surface area contributed by atoms with E-state index in [-0.39, 0.29) is 0 Å². The highest BCUT2D eigenvalue weighted by Crippen LogP contribution is 2.34. The summed E-state index contributed by atoms with van der Waals surface area (Å²) in [7, 11) is 1.65. The number of halogens is 2.